The lowest BCUT2D eigenvalue weighted by molar-refractivity contribution is -0.116. The summed E-state index contributed by atoms with van der Waals surface area (Å²) in [5, 5.41) is 5.73. The summed E-state index contributed by atoms with van der Waals surface area (Å²) in [6.07, 6.45) is 5.15. The Hall–Kier alpha value is -4.65. The van der Waals surface area contributed by atoms with Gasteiger partial charge in [0.05, 0.1) is 14.7 Å². The van der Waals surface area contributed by atoms with Crippen molar-refractivity contribution in [1.29, 1.82) is 0 Å². The fraction of sp³-hybridized carbons (Fsp3) is 0.0909. The van der Waals surface area contributed by atoms with Gasteiger partial charge in [0.2, 0.25) is 0 Å². The van der Waals surface area contributed by atoms with E-state index in [4.69, 9.17) is 0 Å². The van der Waals surface area contributed by atoms with Gasteiger partial charge < -0.3 is 0 Å². The van der Waals surface area contributed by atoms with E-state index in [1.807, 2.05) is 93.6 Å². The minimum Gasteiger partial charge on any atom is -0.282 e. The number of hydrogen-bond donors (Lipinski definition) is 3. The van der Waals surface area contributed by atoms with Crippen LogP contribution in [0.1, 0.15) is 33.4 Å². The second-order valence-electron chi connectivity index (χ2n) is 9.79. The number of hydrogen-bond acceptors (Lipinski definition) is 9. The summed E-state index contributed by atoms with van der Waals surface area (Å²) in [5.41, 5.74) is 6.23. The van der Waals surface area contributed by atoms with E-state index in [0.717, 1.165) is 68.7 Å². The molecule has 3 aliphatic rings. The van der Waals surface area contributed by atoms with Crippen LogP contribution in [0.25, 0.3) is 18.2 Å². The lowest BCUT2D eigenvalue weighted by Crippen LogP contribution is -2.17. The summed E-state index contributed by atoms with van der Waals surface area (Å²) in [7, 11) is 0. The molecule has 9 nitrogen and oxygen atoms in total. The third-order valence-corrected chi connectivity index (χ3v) is 8.45. The molecule has 45 heavy (non-hydrogen) atoms. The van der Waals surface area contributed by atoms with Crippen LogP contribution in [-0.2, 0) is 14.4 Å². The molecule has 0 bridgehead atoms. The minimum atomic E-state index is -0.314. The van der Waals surface area contributed by atoms with Crippen LogP contribution < -0.4 is 16.0 Å². The predicted molar refractivity (Wildman–Crippen MR) is 181 cm³/mol. The number of nitrogens with one attached hydrogen (secondary N) is 3. The molecule has 0 aromatic heterocycles. The van der Waals surface area contributed by atoms with E-state index in [9.17, 15) is 28.8 Å². The molecule has 6 rings (SSSR count). The lowest BCUT2D eigenvalue weighted by Gasteiger charge is -1.96. The first-order chi connectivity index (χ1) is 21.4. The van der Waals surface area contributed by atoms with Gasteiger partial charge in [-0.05, 0) is 91.0 Å². The average Bonchev–Trinajstić information content (AvgIpc) is 3.60. The van der Waals surface area contributed by atoms with Gasteiger partial charge in [-0.2, -0.15) is 0 Å². The van der Waals surface area contributed by atoms with Crippen molar-refractivity contribution in [3.63, 3.8) is 0 Å². The molecule has 228 valence electrons. The topological polar surface area (TPSA) is 139 Å². The van der Waals surface area contributed by atoms with Gasteiger partial charge in [0.1, 0.15) is 0 Å². The van der Waals surface area contributed by atoms with Crippen molar-refractivity contribution in [2.45, 2.75) is 20.8 Å². The number of amides is 6. The van der Waals surface area contributed by atoms with Gasteiger partial charge in [-0.1, -0.05) is 89.5 Å². The molecular weight excluding hydrogens is 631 g/mol. The van der Waals surface area contributed by atoms with Gasteiger partial charge in [0.15, 0.2) is 0 Å². The van der Waals surface area contributed by atoms with Crippen molar-refractivity contribution in [2.24, 2.45) is 0 Å². The molecule has 0 spiro atoms. The third-order valence-electron chi connectivity index (χ3n) is 6.02. The van der Waals surface area contributed by atoms with Gasteiger partial charge >= 0.3 is 0 Å². The SMILES string of the molecule is Cc1ccc(/C=C2\SC(=O)NC2=O)cc1.Cc1ccc(/C=C2\SC(=O)NC2=O)cc1.Cc1cccc(/C=C2\SC(=O)NC2=O)c1. The number of carbonyl (C=O) groups excluding carboxylic acids is 6. The first-order valence-electron chi connectivity index (χ1n) is 13.4. The summed E-state index contributed by atoms with van der Waals surface area (Å²) < 4.78 is 0. The summed E-state index contributed by atoms with van der Waals surface area (Å²) >= 11 is 2.80. The second kappa shape index (κ2) is 15.4. The second-order valence-corrected chi connectivity index (χ2v) is 12.8. The van der Waals surface area contributed by atoms with Crippen molar-refractivity contribution in [2.75, 3.05) is 0 Å². The maximum atomic E-state index is 11.3. The van der Waals surface area contributed by atoms with Crippen LogP contribution in [0.3, 0.4) is 0 Å². The average molecular weight is 658 g/mol. The molecule has 0 saturated carbocycles. The first kappa shape index (κ1) is 33.2. The highest BCUT2D eigenvalue weighted by atomic mass is 32.2. The van der Waals surface area contributed by atoms with Crippen molar-refractivity contribution in [1.82, 2.24) is 16.0 Å². The molecule has 3 aliphatic heterocycles. The van der Waals surface area contributed by atoms with Crippen LogP contribution in [0.2, 0.25) is 0 Å². The van der Waals surface area contributed by atoms with Crippen LogP contribution in [0.4, 0.5) is 14.4 Å². The molecule has 3 fully saturated rings. The molecule has 0 atom stereocenters. The van der Waals surface area contributed by atoms with Crippen molar-refractivity contribution >= 4 is 87.0 Å². The Bertz CT molecular complexity index is 1690. The highest BCUT2D eigenvalue weighted by molar-refractivity contribution is 8.19. The maximum Gasteiger partial charge on any atom is 0.290 e. The number of thioether (sulfide) groups is 3. The third kappa shape index (κ3) is 10.2. The summed E-state index contributed by atoms with van der Waals surface area (Å²) in [6, 6.07) is 23.3. The number of rotatable bonds is 3. The van der Waals surface area contributed by atoms with E-state index < -0.39 is 0 Å². The Morgan fingerprint density at radius 1 is 0.444 bits per heavy atom. The first-order valence-corrected chi connectivity index (χ1v) is 15.8. The monoisotopic (exact) mass is 657 g/mol. The van der Waals surface area contributed by atoms with E-state index in [1.165, 1.54) is 0 Å². The molecule has 3 aromatic carbocycles. The Kier molecular flexibility index (Phi) is 11.4. The smallest absolute Gasteiger partial charge is 0.282 e. The molecule has 3 N–H and O–H groups in total. The van der Waals surface area contributed by atoms with E-state index in [2.05, 4.69) is 16.0 Å². The predicted octanol–water partition coefficient (Wildman–Crippen LogP) is 6.96. The van der Waals surface area contributed by atoms with Gasteiger partial charge in [-0.25, -0.2) is 0 Å². The van der Waals surface area contributed by atoms with E-state index >= 15 is 0 Å². The van der Waals surface area contributed by atoms with Crippen LogP contribution >= 0.6 is 35.3 Å². The van der Waals surface area contributed by atoms with Crippen LogP contribution in [0.5, 0.6) is 0 Å². The van der Waals surface area contributed by atoms with Crippen LogP contribution in [0, 0.1) is 20.8 Å². The zero-order valence-electron chi connectivity index (χ0n) is 24.3. The van der Waals surface area contributed by atoms with Crippen LogP contribution in [-0.4, -0.2) is 33.4 Å². The number of carbonyl (C=O) groups is 6. The standard InChI is InChI=1S/3C11H9NO2S/c2*1-7-2-4-8(5-3-7)6-9-10(13)12-11(14)15-9;1-7-3-2-4-8(5-7)6-9-10(13)12-11(14)15-9/h3*2-6H,1H3,(H,12,13,14)/b3*9-6-. The number of benzene rings is 3. The Morgan fingerprint density at radius 3 is 1.11 bits per heavy atom. The molecule has 3 aromatic rings. The summed E-state index contributed by atoms with van der Waals surface area (Å²) in [4.78, 5) is 67.8. The van der Waals surface area contributed by atoms with Gasteiger partial charge in [-0.15, -0.1) is 0 Å². The molecule has 0 unspecified atom stereocenters. The Morgan fingerprint density at radius 2 is 0.800 bits per heavy atom. The maximum absolute atomic E-state index is 11.3. The fourth-order valence-electron chi connectivity index (χ4n) is 3.80. The quantitative estimate of drug-likeness (QED) is 0.255. The molecule has 3 saturated heterocycles. The van der Waals surface area contributed by atoms with Gasteiger partial charge in [-0.3, -0.25) is 44.7 Å². The minimum absolute atomic E-state index is 0.307. The zero-order valence-corrected chi connectivity index (χ0v) is 26.8. The Labute approximate surface area is 272 Å². The van der Waals surface area contributed by atoms with E-state index in [-0.39, 0.29) is 33.4 Å². The number of aryl methyl sites for hydroxylation is 3. The molecule has 3 heterocycles. The Balaban J connectivity index is 0.000000154. The molecule has 0 radical (unpaired) electrons. The zero-order chi connectivity index (χ0) is 32.5. The summed E-state index contributed by atoms with van der Waals surface area (Å²) in [6.45, 7) is 5.98. The molecular formula is C33H27N3O6S3. The highest BCUT2D eigenvalue weighted by Crippen LogP contribution is 2.27. The lowest BCUT2D eigenvalue weighted by atomic mass is 10.1. The van der Waals surface area contributed by atoms with Gasteiger partial charge in [0.25, 0.3) is 33.4 Å². The molecule has 6 amide bonds. The number of imide groups is 3. The molecule has 0 aliphatic carbocycles. The van der Waals surface area contributed by atoms with Crippen molar-refractivity contribution in [3.8, 4) is 0 Å². The summed E-state index contributed by atoms with van der Waals surface area (Å²) in [5.74, 6) is -0.942. The highest BCUT2D eigenvalue weighted by Gasteiger charge is 2.26. The van der Waals surface area contributed by atoms with E-state index in [0.29, 0.717) is 14.7 Å². The largest absolute Gasteiger partial charge is 0.290 e. The normalized spacial score (nSPS) is 18.3. The van der Waals surface area contributed by atoms with Crippen molar-refractivity contribution in [3.05, 3.63) is 121 Å². The van der Waals surface area contributed by atoms with Crippen molar-refractivity contribution < 1.29 is 28.8 Å². The van der Waals surface area contributed by atoms with E-state index in [1.54, 1.807) is 18.2 Å². The fourth-order valence-corrected chi connectivity index (χ4v) is 5.85. The molecule has 12 heteroatoms. The van der Waals surface area contributed by atoms with Crippen LogP contribution in [0.15, 0.2) is 87.5 Å². The van der Waals surface area contributed by atoms with Gasteiger partial charge in [0, 0.05) is 0 Å².